The highest BCUT2D eigenvalue weighted by atomic mass is 16.7. The molecule has 0 saturated carbocycles. The third-order valence-corrected chi connectivity index (χ3v) is 3.90. The Morgan fingerprint density at radius 3 is 2.36 bits per heavy atom. The maximum atomic E-state index is 12.2. The van der Waals surface area contributed by atoms with Gasteiger partial charge in [-0.3, -0.25) is 14.9 Å². The molecule has 0 spiro atoms. The normalized spacial score (nSPS) is 13.1. The Balaban J connectivity index is 1.41. The van der Waals surface area contributed by atoms with E-state index in [1.165, 1.54) is 0 Å². The number of amides is 1. The van der Waals surface area contributed by atoms with Crippen molar-refractivity contribution in [2.24, 2.45) is 0 Å². The average molecular weight is 388 g/mol. The van der Waals surface area contributed by atoms with Crippen LogP contribution in [0.2, 0.25) is 0 Å². The molecule has 2 aliphatic rings. The average Bonchev–Trinajstić information content (AvgIpc) is 3.33. The number of anilines is 1. The standard InChI is InChI=1S/C17H12N2O9/c20-16(18-9-1-2-12-13(3-9)26-7-25-12)6-24-17(21)10-4-14-15(28-8-27-14)5-11(10)19(22)23/h1-5H,6-8H2,(H,18,20). The molecule has 28 heavy (non-hydrogen) atoms. The van der Waals surface area contributed by atoms with Gasteiger partial charge in [0.15, 0.2) is 29.6 Å². The van der Waals surface area contributed by atoms with E-state index in [4.69, 9.17) is 23.7 Å². The van der Waals surface area contributed by atoms with Crippen molar-refractivity contribution < 1.29 is 38.2 Å². The van der Waals surface area contributed by atoms with Crippen LogP contribution in [-0.4, -0.2) is 37.0 Å². The molecule has 11 heteroatoms. The number of nitro groups is 1. The predicted octanol–water partition coefficient (Wildman–Crippen LogP) is 1.85. The quantitative estimate of drug-likeness (QED) is 0.462. The van der Waals surface area contributed by atoms with Gasteiger partial charge in [-0.05, 0) is 12.1 Å². The Morgan fingerprint density at radius 1 is 1.00 bits per heavy atom. The van der Waals surface area contributed by atoms with Crippen molar-refractivity contribution in [3.8, 4) is 23.0 Å². The second-order valence-corrected chi connectivity index (χ2v) is 5.67. The maximum absolute atomic E-state index is 12.2. The number of esters is 1. The van der Waals surface area contributed by atoms with Gasteiger partial charge in [-0.1, -0.05) is 0 Å². The van der Waals surface area contributed by atoms with Gasteiger partial charge in [-0.2, -0.15) is 0 Å². The molecule has 0 radical (unpaired) electrons. The molecule has 1 amide bonds. The van der Waals surface area contributed by atoms with E-state index < -0.39 is 29.1 Å². The van der Waals surface area contributed by atoms with Crippen LogP contribution in [0.5, 0.6) is 23.0 Å². The summed E-state index contributed by atoms with van der Waals surface area (Å²) >= 11 is 0. The predicted molar refractivity (Wildman–Crippen MR) is 90.7 cm³/mol. The van der Waals surface area contributed by atoms with Crippen LogP contribution in [0, 0.1) is 10.1 Å². The van der Waals surface area contributed by atoms with E-state index in [0.29, 0.717) is 17.2 Å². The number of hydrogen-bond donors (Lipinski definition) is 1. The first-order chi connectivity index (χ1) is 13.5. The lowest BCUT2D eigenvalue weighted by Crippen LogP contribution is -2.21. The van der Waals surface area contributed by atoms with Gasteiger partial charge >= 0.3 is 5.97 Å². The number of fused-ring (bicyclic) bond motifs is 2. The van der Waals surface area contributed by atoms with Crippen molar-refractivity contribution in [1.82, 2.24) is 0 Å². The molecular formula is C17H12N2O9. The van der Waals surface area contributed by atoms with E-state index in [1.54, 1.807) is 18.2 Å². The first kappa shape index (κ1) is 17.4. The molecule has 11 nitrogen and oxygen atoms in total. The summed E-state index contributed by atoms with van der Waals surface area (Å²) < 4.78 is 25.4. The first-order valence-electron chi connectivity index (χ1n) is 7.96. The zero-order chi connectivity index (χ0) is 19.7. The zero-order valence-corrected chi connectivity index (χ0v) is 14.1. The highest BCUT2D eigenvalue weighted by Gasteiger charge is 2.28. The Morgan fingerprint density at radius 2 is 1.64 bits per heavy atom. The van der Waals surface area contributed by atoms with E-state index in [0.717, 1.165) is 12.1 Å². The number of carbonyl (C=O) groups is 2. The SMILES string of the molecule is O=C(COC(=O)c1cc2c(cc1[N+](=O)[O-])OCO2)Nc1ccc2c(c1)OCO2. The summed E-state index contributed by atoms with van der Waals surface area (Å²) in [5, 5.41) is 13.7. The second-order valence-electron chi connectivity index (χ2n) is 5.67. The van der Waals surface area contributed by atoms with Gasteiger partial charge in [-0.15, -0.1) is 0 Å². The number of benzene rings is 2. The molecule has 2 heterocycles. The fourth-order valence-electron chi connectivity index (χ4n) is 2.63. The van der Waals surface area contributed by atoms with Gasteiger partial charge in [0, 0.05) is 17.8 Å². The van der Waals surface area contributed by atoms with E-state index in [-0.39, 0.29) is 30.6 Å². The van der Waals surface area contributed by atoms with E-state index in [9.17, 15) is 19.7 Å². The number of hydrogen-bond acceptors (Lipinski definition) is 9. The maximum Gasteiger partial charge on any atom is 0.345 e. The highest BCUT2D eigenvalue weighted by Crippen LogP contribution is 2.38. The summed E-state index contributed by atoms with van der Waals surface area (Å²) in [4.78, 5) is 34.7. The van der Waals surface area contributed by atoms with Crippen LogP contribution >= 0.6 is 0 Å². The summed E-state index contributed by atoms with van der Waals surface area (Å²) in [6.07, 6.45) is 0. The zero-order valence-electron chi connectivity index (χ0n) is 14.1. The molecule has 1 N–H and O–H groups in total. The van der Waals surface area contributed by atoms with Gasteiger partial charge in [0.1, 0.15) is 5.56 Å². The molecule has 0 saturated heterocycles. The molecule has 0 bridgehead atoms. The van der Waals surface area contributed by atoms with Crippen LogP contribution in [0.3, 0.4) is 0 Å². The van der Waals surface area contributed by atoms with Crippen LogP contribution in [0.4, 0.5) is 11.4 Å². The van der Waals surface area contributed by atoms with Crippen LogP contribution in [0.25, 0.3) is 0 Å². The molecule has 4 rings (SSSR count). The number of ether oxygens (including phenoxy) is 5. The van der Waals surface area contributed by atoms with Gasteiger partial charge in [0.25, 0.3) is 11.6 Å². The first-order valence-corrected chi connectivity index (χ1v) is 7.96. The lowest BCUT2D eigenvalue weighted by Gasteiger charge is -2.08. The van der Waals surface area contributed by atoms with Crippen molar-refractivity contribution in [2.45, 2.75) is 0 Å². The molecule has 0 atom stereocenters. The number of nitrogens with zero attached hydrogens (tertiary/aromatic N) is 1. The lowest BCUT2D eigenvalue weighted by molar-refractivity contribution is -0.385. The minimum Gasteiger partial charge on any atom is -0.454 e. The van der Waals surface area contributed by atoms with Crippen molar-refractivity contribution >= 4 is 23.3 Å². The van der Waals surface area contributed by atoms with E-state index in [1.807, 2.05) is 0 Å². The number of carbonyl (C=O) groups excluding carboxylic acids is 2. The summed E-state index contributed by atoms with van der Waals surface area (Å²) in [7, 11) is 0. The molecule has 144 valence electrons. The van der Waals surface area contributed by atoms with Gasteiger partial charge in [0.2, 0.25) is 13.6 Å². The second kappa shape index (κ2) is 6.95. The van der Waals surface area contributed by atoms with Crippen molar-refractivity contribution in [1.29, 1.82) is 0 Å². The Labute approximate surface area is 156 Å². The van der Waals surface area contributed by atoms with Crippen molar-refractivity contribution in [3.05, 3.63) is 46.0 Å². The summed E-state index contributed by atoms with van der Waals surface area (Å²) in [5.41, 5.74) is -0.435. The summed E-state index contributed by atoms with van der Waals surface area (Å²) in [6.45, 7) is -0.652. The van der Waals surface area contributed by atoms with Gasteiger partial charge in [-0.25, -0.2) is 4.79 Å². The monoisotopic (exact) mass is 388 g/mol. The Hall–Kier alpha value is -4.02. The number of nitro benzene ring substituents is 1. The van der Waals surface area contributed by atoms with Crippen molar-refractivity contribution in [3.63, 3.8) is 0 Å². The minimum atomic E-state index is -1.04. The summed E-state index contributed by atoms with van der Waals surface area (Å²) in [5.74, 6) is -0.294. The molecule has 2 aromatic carbocycles. The van der Waals surface area contributed by atoms with Crippen LogP contribution in [0.1, 0.15) is 10.4 Å². The number of nitrogens with one attached hydrogen (secondary N) is 1. The molecular weight excluding hydrogens is 376 g/mol. The molecule has 0 aromatic heterocycles. The molecule has 0 aliphatic carbocycles. The van der Waals surface area contributed by atoms with E-state index >= 15 is 0 Å². The van der Waals surface area contributed by atoms with Crippen molar-refractivity contribution in [2.75, 3.05) is 25.5 Å². The molecule has 0 fully saturated rings. The topological polar surface area (TPSA) is 135 Å². The molecule has 0 unspecified atom stereocenters. The number of rotatable bonds is 5. The largest absolute Gasteiger partial charge is 0.454 e. The van der Waals surface area contributed by atoms with E-state index in [2.05, 4.69) is 5.32 Å². The third kappa shape index (κ3) is 3.32. The van der Waals surface area contributed by atoms with Crippen LogP contribution in [-0.2, 0) is 9.53 Å². The fourth-order valence-corrected chi connectivity index (χ4v) is 2.63. The minimum absolute atomic E-state index is 0.0959. The van der Waals surface area contributed by atoms with Gasteiger partial charge in [0.05, 0.1) is 11.0 Å². The fraction of sp³-hybridized carbons (Fsp3) is 0.176. The van der Waals surface area contributed by atoms with Gasteiger partial charge < -0.3 is 29.0 Å². The van der Waals surface area contributed by atoms with Crippen LogP contribution in [0.15, 0.2) is 30.3 Å². The van der Waals surface area contributed by atoms with Crippen LogP contribution < -0.4 is 24.3 Å². The third-order valence-electron chi connectivity index (χ3n) is 3.90. The Kier molecular flexibility index (Phi) is 4.32. The molecule has 2 aromatic rings. The Bertz CT molecular complexity index is 989. The smallest absolute Gasteiger partial charge is 0.345 e. The molecule has 2 aliphatic heterocycles. The lowest BCUT2D eigenvalue weighted by atomic mass is 10.1. The highest BCUT2D eigenvalue weighted by molar-refractivity contribution is 5.98. The summed E-state index contributed by atoms with van der Waals surface area (Å²) in [6, 6.07) is 7.00.